The molecule has 1 saturated heterocycles. The number of nitrogens with one attached hydrogen (secondary N) is 1. The first-order valence-electron chi connectivity index (χ1n) is 9.07. The standard InChI is InChI=1S/C21H27N3O2/c1-16-7-9-18(10-8-16)22-21(25)17(2)23-11-13-24(14-12-23)19-5-4-6-20(15-19)26-3/h4-10,15,17H,11-14H2,1-3H3,(H,22,25). The first-order valence-corrected chi connectivity index (χ1v) is 9.07. The summed E-state index contributed by atoms with van der Waals surface area (Å²) in [5.41, 5.74) is 3.20. The van der Waals surface area contributed by atoms with E-state index in [2.05, 4.69) is 27.2 Å². The normalized spacial score (nSPS) is 16.2. The lowest BCUT2D eigenvalue weighted by atomic mass is 10.1. The molecule has 0 bridgehead atoms. The molecule has 138 valence electrons. The van der Waals surface area contributed by atoms with Gasteiger partial charge in [0.05, 0.1) is 13.2 Å². The van der Waals surface area contributed by atoms with Crippen molar-refractivity contribution in [1.29, 1.82) is 0 Å². The second-order valence-electron chi connectivity index (χ2n) is 6.76. The zero-order chi connectivity index (χ0) is 18.5. The van der Waals surface area contributed by atoms with E-state index in [-0.39, 0.29) is 11.9 Å². The smallest absolute Gasteiger partial charge is 0.241 e. The number of amides is 1. The Labute approximate surface area is 155 Å². The second kappa shape index (κ2) is 8.23. The SMILES string of the molecule is COc1cccc(N2CCN(C(C)C(=O)Nc3ccc(C)cc3)CC2)c1. The molecule has 1 aliphatic heterocycles. The third-order valence-corrected chi connectivity index (χ3v) is 4.98. The van der Waals surface area contributed by atoms with Crippen LogP contribution in [0.1, 0.15) is 12.5 Å². The molecule has 1 heterocycles. The molecule has 1 aliphatic rings. The van der Waals surface area contributed by atoms with Crippen LogP contribution in [0, 0.1) is 6.92 Å². The largest absolute Gasteiger partial charge is 0.497 e. The van der Waals surface area contributed by atoms with Crippen molar-refractivity contribution in [3.8, 4) is 5.75 Å². The maximum Gasteiger partial charge on any atom is 0.241 e. The highest BCUT2D eigenvalue weighted by Gasteiger charge is 2.25. The maximum absolute atomic E-state index is 12.5. The summed E-state index contributed by atoms with van der Waals surface area (Å²) < 4.78 is 5.31. The lowest BCUT2D eigenvalue weighted by Gasteiger charge is -2.38. The van der Waals surface area contributed by atoms with Gasteiger partial charge in [-0.25, -0.2) is 0 Å². The monoisotopic (exact) mass is 353 g/mol. The fourth-order valence-corrected chi connectivity index (χ4v) is 3.22. The van der Waals surface area contributed by atoms with Crippen LogP contribution in [0.3, 0.4) is 0 Å². The quantitative estimate of drug-likeness (QED) is 0.897. The summed E-state index contributed by atoms with van der Waals surface area (Å²) in [6.07, 6.45) is 0. The van der Waals surface area contributed by atoms with Gasteiger partial charge in [-0.2, -0.15) is 0 Å². The Hall–Kier alpha value is -2.53. The molecule has 2 aromatic rings. The van der Waals surface area contributed by atoms with E-state index in [1.165, 1.54) is 11.3 Å². The topological polar surface area (TPSA) is 44.8 Å². The molecule has 3 rings (SSSR count). The van der Waals surface area contributed by atoms with Gasteiger partial charge in [0.2, 0.25) is 5.91 Å². The number of rotatable bonds is 5. The van der Waals surface area contributed by atoms with E-state index in [1.54, 1.807) is 7.11 Å². The average Bonchev–Trinajstić information content (AvgIpc) is 2.69. The Balaban J connectivity index is 1.55. The molecule has 1 atom stereocenters. The Morgan fingerprint density at radius 2 is 1.77 bits per heavy atom. The molecular weight excluding hydrogens is 326 g/mol. The minimum Gasteiger partial charge on any atom is -0.497 e. The van der Waals surface area contributed by atoms with E-state index in [0.29, 0.717) is 0 Å². The number of hydrogen-bond acceptors (Lipinski definition) is 4. The van der Waals surface area contributed by atoms with Crippen molar-refractivity contribution in [3.63, 3.8) is 0 Å². The molecule has 2 aromatic carbocycles. The van der Waals surface area contributed by atoms with Crippen molar-refractivity contribution in [1.82, 2.24) is 4.90 Å². The molecule has 0 saturated carbocycles. The molecule has 26 heavy (non-hydrogen) atoms. The Kier molecular flexibility index (Phi) is 5.78. The fraction of sp³-hybridized carbons (Fsp3) is 0.381. The van der Waals surface area contributed by atoms with E-state index >= 15 is 0 Å². The minimum absolute atomic E-state index is 0.0451. The van der Waals surface area contributed by atoms with Crippen molar-refractivity contribution >= 4 is 17.3 Å². The summed E-state index contributed by atoms with van der Waals surface area (Å²) in [5.74, 6) is 0.916. The molecular formula is C21H27N3O2. The zero-order valence-corrected chi connectivity index (χ0v) is 15.7. The number of anilines is 2. The number of methoxy groups -OCH3 is 1. The number of carbonyl (C=O) groups is 1. The molecule has 0 radical (unpaired) electrons. The predicted molar refractivity (Wildman–Crippen MR) is 106 cm³/mol. The lowest BCUT2D eigenvalue weighted by Crippen LogP contribution is -2.52. The highest BCUT2D eigenvalue weighted by atomic mass is 16.5. The van der Waals surface area contributed by atoms with Crippen LogP contribution in [-0.2, 0) is 4.79 Å². The molecule has 0 aromatic heterocycles. The van der Waals surface area contributed by atoms with Crippen LogP contribution in [0.2, 0.25) is 0 Å². The predicted octanol–water partition coefficient (Wildman–Crippen LogP) is 3.15. The minimum atomic E-state index is -0.149. The van der Waals surface area contributed by atoms with Gasteiger partial charge in [-0.05, 0) is 38.1 Å². The molecule has 1 unspecified atom stereocenters. The Bertz CT molecular complexity index is 737. The van der Waals surface area contributed by atoms with Gasteiger partial charge in [0, 0.05) is 43.6 Å². The van der Waals surface area contributed by atoms with Gasteiger partial charge in [0.25, 0.3) is 0 Å². The molecule has 5 nitrogen and oxygen atoms in total. The maximum atomic E-state index is 12.5. The number of hydrogen-bond donors (Lipinski definition) is 1. The summed E-state index contributed by atoms with van der Waals surface area (Å²) in [7, 11) is 1.69. The van der Waals surface area contributed by atoms with Crippen molar-refractivity contribution in [2.45, 2.75) is 19.9 Å². The number of nitrogens with zero attached hydrogens (tertiary/aromatic N) is 2. The molecule has 5 heteroatoms. The molecule has 1 fully saturated rings. The van der Waals surface area contributed by atoms with Crippen LogP contribution in [0.4, 0.5) is 11.4 Å². The molecule has 1 N–H and O–H groups in total. The van der Waals surface area contributed by atoms with E-state index < -0.39 is 0 Å². The summed E-state index contributed by atoms with van der Waals surface area (Å²) in [6, 6.07) is 15.9. The van der Waals surface area contributed by atoms with Gasteiger partial charge in [-0.15, -0.1) is 0 Å². The zero-order valence-electron chi connectivity index (χ0n) is 15.7. The van der Waals surface area contributed by atoms with Gasteiger partial charge >= 0.3 is 0 Å². The van der Waals surface area contributed by atoms with Crippen LogP contribution < -0.4 is 15.0 Å². The van der Waals surface area contributed by atoms with E-state index in [1.807, 2.05) is 50.2 Å². The number of benzene rings is 2. The third-order valence-electron chi connectivity index (χ3n) is 4.98. The van der Waals surface area contributed by atoms with E-state index in [0.717, 1.165) is 37.6 Å². The van der Waals surface area contributed by atoms with E-state index in [4.69, 9.17) is 4.74 Å². The number of ether oxygens (including phenoxy) is 1. The average molecular weight is 353 g/mol. The summed E-state index contributed by atoms with van der Waals surface area (Å²) in [4.78, 5) is 17.1. The summed E-state index contributed by atoms with van der Waals surface area (Å²) in [5, 5.41) is 3.01. The number of aryl methyl sites for hydroxylation is 1. The van der Waals surface area contributed by atoms with Crippen LogP contribution in [0.15, 0.2) is 48.5 Å². The second-order valence-corrected chi connectivity index (χ2v) is 6.76. The van der Waals surface area contributed by atoms with Crippen LogP contribution in [-0.4, -0.2) is 50.1 Å². The summed E-state index contributed by atoms with van der Waals surface area (Å²) in [6.45, 7) is 7.53. The van der Waals surface area contributed by atoms with Gasteiger partial charge in [0.15, 0.2) is 0 Å². The van der Waals surface area contributed by atoms with Crippen molar-refractivity contribution in [2.75, 3.05) is 43.5 Å². The summed E-state index contributed by atoms with van der Waals surface area (Å²) >= 11 is 0. The third kappa shape index (κ3) is 4.35. The molecule has 0 aliphatic carbocycles. The first kappa shape index (κ1) is 18.3. The number of piperazine rings is 1. The van der Waals surface area contributed by atoms with Crippen LogP contribution in [0.5, 0.6) is 5.75 Å². The van der Waals surface area contributed by atoms with Crippen molar-refractivity contribution < 1.29 is 9.53 Å². The van der Waals surface area contributed by atoms with Gasteiger partial charge in [0.1, 0.15) is 5.75 Å². The van der Waals surface area contributed by atoms with Crippen LogP contribution >= 0.6 is 0 Å². The van der Waals surface area contributed by atoms with Gasteiger partial charge in [-0.3, -0.25) is 9.69 Å². The Morgan fingerprint density at radius 1 is 1.08 bits per heavy atom. The first-order chi connectivity index (χ1) is 12.6. The fourth-order valence-electron chi connectivity index (χ4n) is 3.22. The highest BCUT2D eigenvalue weighted by Crippen LogP contribution is 2.22. The lowest BCUT2D eigenvalue weighted by molar-refractivity contribution is -0.120. The van der Waals surface area contributed by atoms with Gasteiger partial charge < -0.3 is 15.0 Å². The highest BCUT2D eigenvalue weighted by molar-refractivity contribution is 5.94. The van der Waals surface area contributed by atoms with Crippen molar-refractivity contribution in [2.24, 2.45) is 0 Å². The molecule has 1 amide bonds. The van der Waals surface area contributed by atoms with Gasteiger partial charge in [-0.1, -0.05) is 23.8 Å². The number of carbonyl (C=O) groups excluding carboxylic acids is 1. The Morgan fingerprint density at radius 3 is 2.42 bits per heavy atom. The van der Waals surface area contributed by atoms with Crippen molar-refractivity contribution in [3.05, 3.63) is 54.1 Å². The van der Waals surface area contributed by atoms with Crippen LogP contribution in [0.25, 0.3) is 0 Å². The molecule has 0 spiro atoms. The van der Waals surface area contributed by atoms with E-state index in [9.17, 15) is 4.79 Å².